The van der Waals surface area contributed by atoms with E-state index in [0.29, 0.717) is 28.5 Å². The predicted octanol–water partition coefficient (Wildman–Crippen LogP) is 5.42. The molecule has 1 heterocycles. The zero-order valence-electron chi connectivity index (χ0n) is 18.7. The van der Waals surface area contributed by atoms with Crippen LogP contribution in [0.25, 0.3) is 0 Å². The molecule has 5 rings (SSSR count). The molecular formula is C25H31NO4S. The number of ketones is 1. The third kappa shape index (κ3) is 2.90. The Hall–Kier alpha value is -1.95. The molecule has 7 atom stereocenters. The van der Waals surface area contributed by atoms with Crippen LogP contribution in [0.1, 0.15) is 68.2 Å². The number of ether oxygens (including phenoxy) is 1. The molecule has 0 aliphatic heterocycles. The molecule has 166 valence electrons. The van der Waals surface area contributed by atoms with Gasteiger partial charge in [0.05, 0.1) is 11.2 Å². The molecule has 0 radical (unpaired) electrons. The Morgan fingerprint density at radius 3 is 2.74 bits per heavy atom. The third-order valence-electron chi connectivity index (χ3n) is 9.12. The average molecular weight is 442 g/mol. The molecule has 1 aromatic rings. The molecular weight excluding hydrogens is 410 g/mol. The van der Waals surface area contributed by atoms with Gasteiger partial charge in [-0.3, -0.25) is 4.79 Å². The van der Waals surface area contributed by atoms with Crippen molar-refractivity contribution in [2.45, 2.75) is 65.9 Å². The molecule has 31 heavy (non-hydrogen) atoms. The van der Waals surface area contributed by atoms with Gasteiger partial charge in [-0.1, -0.05) is 19.4 Å². The third-order valence-corrected chi connectivity index (χ3v) is 10.0. The van der Waals surface area contributed by atoms with Crippen LogP contribution >= 0.6 is 11.3 Å². The summed E-state index contributed by atoms with van der Waals surface area (Å²) in [7, 11) is 0. The van der Waals surface area contributed by atoms with Crippen molar-refractivity contribution in [2.24, 2.45) is 34.5 Å². The van der Waals surface area contributed by atoms with E-state index < -0.39 is 5.41 Å². The molecule has 0 amide bonds. The second kappa shape index (κ2) is 7.03. The van der Waals surface area contributed by atoms with Gasteiger partial charge in [-0.2, -0.15) is 0 Å². The second-order valence-electron chi connectivity index (χ2n) is 10.6. The Kier molecular flexibility index (Phi) is 4.74. The largest absolute Gasteiger partial charge is 0.511 e. The van der Waals surface area contributed by atoms with E-state index in [2.05, 4.69) is 25.8 Å². The van der Waals surface area contributed by atoms with Gasteiger partial charge in [-0.05, 0) is 75.7 Å². The van der Waals surface area contributed by atoms with Gasteiger partial charge in [0, 0.05) is 16.9 Å². The van der Waals surface area contributed by atoms with E-state index in [1.807, 2.05) is 6.92 Å². The van der Waals surface area contributed by atoms with Crippen molar-refractivity contribution in [3.8, 4) is 0 Å². The number of thiazole rings is 1. The fraction of sp³-hybridized carbons (Fsp3) is 0.640. The molecule has 1 N–H and O–H groups in total. The van der Waals surface area contributed by atoms with Crippen LogP contribution in [0.2, 0.25) is 0 Å². The summed E-state index contributed by atoms with van der Waals surface area (Å²) in [5.74, 6) is 1.43. The van der Waals surface area contributed by atoms with Gasteiger partial charge in [0.1, 0.15) is 16.7 Å². The van der Waals surface area contributed by atoms with Crippen LogP contribution in [0.15, 0.2) is 29.0 Å². The van der Waals surface area contributed by atoms with Gasteiger partial charge >= 0.3 is 5.97 Å². The second-order valence-corrected chi connectivity index (χ2v) is 11.4. The Morgan fingerprint density at radius 1 is 1.26 bits per heavy atom. The molecule has 5 nitrogen and oxygen atoms in total. The number of carbonyl (C=O) groups is 2. The highest BCUT2D eigenvalue weighted by Crippen LogP contribution is 2.66. The molecule has 0 saturated heterocycles. The lowest BCUT2D eigenvalue weighted by Gasteiger charge is -2.57. The molecule has 0 bridgehead atoms. The Labute approximate surface area is 187 Å². The molecule has 1 aromatic heterocycles. The number of aliphatic hydroxyl groups is 1. The minimum atomic E-state index is -0.435. The Bertz CT molecular complexity index is 1010. The number of rotatable bonds is 2. The van der Waals surface area contributed by atoms with Gasteiger partial charge < -0.3 is 9.84 Å². The number of hydrogen-bond donors (Lipinski definition) is 1. The maximum Gasteiger partial charge on any atom is 0.350 e. The monoisotopic (exact) mass is 441 g/mol. The first-order valence-electron chi connectivity index (χ1n) is 11.4. The van der Waals surface area contributed by atoms with Gasteiger partial charge in [0.2, 0.25) is 0 Å². The first-order valence-corrected chi connectivity index (χ1v) is 12.3. The minimum absolute atomic E-state index is 0.0593. The number of aryl methyl sites for hydroxylation is 1. The van der Waals surface area contributed by atoms with E-state index in [1.165, 1.54) is 17.4 Å². The summed E-state index contributed by atoms with van der Waals surface area (Å²) in [5, 5.41) is 10.9. The van der Waals surface area contributed by atoms with Crippen molar-refractivity contribution in [2.75, 3.05) is 0 Å². The van der Waals surface area contributed by atoms with Crippen LogP contribution in [-0.2, 0) is 9.53 Å². The zero-order valence-corrected chi connectivity index (χ0v) is 19.5. The highest BCUT2D eigenvalue weighted by atomic mass is 32.1. The van der Waals surface area contributed by atoms with Crippen molar-refractivity contribution in [3.05, 3.63) is 39.6 Å². The molecule has 0 spiro atoms. The maximum absolute atomic E-state index is 12.9. The number of hydrogen-bond acceptors (Lipinski definition) is 6. The van der Waals surface area contributed by atoms with Crippen molar-refractivity contribution >= 4 is 23.1 Å². The Balaban J connectivity index is 1.43. The van der Waals surface area contributed by atoms with E-state index in [1.54, 1.807) is 11.6 Å². The van der Waals surface area contributed by atoms with Crippen LogP contribution in [0, 0.1) is 41.4 Å². The number of esters is 1. The van der Waals surface area contributed by atoms with Crippen LogP contribution < -0.4 is 0 Å². The van der Waals surface area contributed by atoms with E-state index >= 15 is 0 Å². The maximum atomic E-state index is 12.9. The van der Waals surface area contributed by atoms with Crippen molar-refractivity contribution in [1.82, 2.24) is 4.98 Å². The molecule has 4 aliphatic carbocycles. The fourth-order valence-electron chi connectivity index (χ4n) is 7.54. The molecule has 4 aliphatic rings. The lowest BCUT2D eigenvalue weighted by atomic mass is 9.48. The quantitative estimate of drug-likeness (QED) is 0.621. The summed E-state index contributed by atoms with van der Waals surface area (Å²) in [5.41, 5.74) is 3.03. The fourth-order valence-corrected chi connectivity index (χ4v) is 8.22. The number of aromatic nitrogens is 1. The SMILES string of the molecule is Cc1ncsc1C(=O)OC1C(C)C[C@H]2[C@@H]3CCC4=CC(=O)C=C(O)[C@]4(C)[C@H]3CC[C@]12C. The summed E-state index contributed by atoms with van der Waals surface area (Å²) < 4.78 is 6.18. The van der Waals surface area contributed by atoms with Crippen LogP contribution in [-0.4, -0.2) is 27.9 Å². The summed E-state index contributed by atoms with van der Waals surface area (Å²) >= 11 is 1.35. The number of allylic oxidation sites excluding steroid dienone is 3. The van der Waals surface area contributed by atoms with E-state index in [0.717, 1.165) is 43.4 Å². The van der Waals surface area contributed by atoms with E-state index in [9.17, 15) is 14.7 Å². The number of nitrogens with zero attached hydrogens (tertiary/aromatic N) is 1. The standard InChI is InChI=1S/C25H31NO4S/c1-13-9-19-17-6-5-15-10-16(27)11-20(28)25(15,4)18(17)7-8-24(19,3)22(13)30-23(29)21-14(2)26-12-31-21/h10-13,17-19,22,28H,5-9H2,1-4H3/t13?,17-,18+,19+,22?,24+,25+/m1/s1. The smallest absolute Gasteiger partial charge is 0.350 e. The van der Waals surface area contributed by atoms with E-state index in [4.69, 9.17) is 4.74 Å². The molecule has 2 unspecified atom stereocenters. The molecule has 6 heteroatoms. The van der Waals surface area contributed by atoms with E-state index in [-0.39, 0.29) is 29.0 Å². The highest BCUT2D eigenvalue weighted by molar-refractivity contribution is 7.11. The normalized spacial score (nSPS) is 41.5. The number of fused-ring (bicyclic) bond motifs is 5. The zero-order chi connectivity index (χ0) is 22.1. The molecule has 3 fully saturated rings. The van der Waals surface area contributed by atoms with Crippen LogP contribution in [0.5, 0.6) is 0 Å². The molecule has 0 aromatic carbocycles. The van der Waals surface area contributed by atoms with Gasteiger partial charge in [0.15, 0.2) is 5.78 Å². The summed E-state index contributed by atoms with van der Waals surface area (Å²) in [6.07, 6.45) is 7.93. The minimum Gasteiger partial charge on any atom is -0.511 e. The van der Waals surface area contributed by atoms with Crippen molar-refractivity contribution < 1.29 is 19.4 Å². The summed E-state index contributed by atoms with van der Waals surface area (Å²) in [4.78, 5) is 29.7. The van der Waals surface area contributed by atoms with Crippen LogP contribution in [0.3, 0.4) is 0 Å². The number of carbonyl (C=O) groups excluding carboxylic acids is 2. The van der Waals surface area contributed by atoms with Gasteiger partial charge in [-0.25, -0.2) is 9.78 Å². The van der Waals surface area contributed by atoms with Crippen molar-refractivity contribution in [1.29, 1.82) is 0 Å². The first kappa shape index (κ1) is 20.9. The average Bonchev–Trinajstić information content (AvgIpc) is 3.24. The Morgan fingerprint density at radius 2 is 2.03 bits per heavy atom. The predicted molar refractivity (Wildman–Crippen MR) is 119 cm³/mol. The topological polar surface area (TPSA) is 76.5 Å². The summed E-state index contributed by atoms with van der Waals surface area (Å²) in [6.45, 7) is 8.49. The highest BCUT2D eigenvalue weighted by Gasteiger charge is 2.62. The lowest BCUT2D eigenvalue weighted by molar-refractivity contribution is -0.111. The molecule has 3 saturated carbocycles. The van der Waals surface area contributed by atoms with Gasteiger partial charge in [-0.15, -0.1) is 11.3 Å². The summed E-state index contributed by atoms with van der Waals surface area (Å²) in [6, 6.07) is 0. The van der Waals surface area contributed by atoms with Gasteiger partial charge in [0.25, 0.3) is 0 Å². The first-order chi connectivity index (χ1) is 14.7. The number of aliphatic hydroxyl groups excluding tert-OH is 1. The lowest BCUT2D eigenvalue weighted by Crippen LogP contribution is -2.52. The van der Waals surface area contributed by atoms with Crippen molar-refractivity contribution in [3.63, 3.8) is 0 Å². The van der Waals surface area contributed by atoms with Crippen LogP contribution in [0.4, 0.5) is 0 Å².